The zero-order chi connectivity index (χ0) is 14.1. The fourth-order valence-electron chi connectivity index (χ4n) is 2.68. The number of hydrogen-bond donors (Lipinski definition) is 3. The molecule has 0 amide bonds. The van der Waals surface area contributed by atoms with Gasteiger partial charge in [0.25, 0.3) is 0 Å². The van der Waals surface area contributed by atoms with E-state index >= 15 is 0 Å². The van der Waals surface area contributed by atoms with E-state index in [1.165, 1.54) is 0 Å². The van der Waals surface area contributed by atoms with Crippen LogP contribution in [0.15, 0.2) is 11.4 Å². The third-order valence-corrected chi connectivity index (χ3v) is 4.51. The number of anilines is 1. The van der Waals surface area contributed by atoms with E-state index in [1.807, 2.05) is 11.4 Å². The summed E-state index contributed by atoms with van der Waals surface area (Å²) in [5.41, 5.74) is 2.64. The number of hydrazine groups is 1. The van der Waals surface area contributed by atoms with Crippen LogP contribution in [0.1, 0.15) is 18.7 Å². The topological polar surface area (TPSA) is 87.3 Å². The summed E-state index contributed by atoms with van der Waals surface area (Å²) < 4.78 is 0. The van der Waals surface area contributed by atoms with E-state index in [2.05, 4.69) is 27.3 Å². The molecule has 2 aromatic rings. The van der Waals surface area contributed by atoms with Gasteiger partial charge in [0, 0.05) is 6.54 Å². The van der Waals surface area contributed by atoms with Gasteiger partial charge in [0.05, 0.1) is 18.0 Å². The van der Waals surface area contributed by atoms with Gasteiger partial charge < -0.3 is 10.5 Å². The summed E-state index contributed by atoms with van der Waals surface area (Å²) in [6, 6.07) is 1.97. The lowest BCUT2D eigenvalue weighted by molar-refractivity contribution is 0.0271. The van der Waals surface area contributed by atoms with Crippen molar-refractivity contribution >= 4 is 27.4 Å². The molecule has 0 atom stereocenters. The van der Waals surface area contributed by atoms with Gasteiger partial charge in [-0.3, -0.25) is 4.90 Å². The zero-order valence-electron chi connectivity index (χ0n) is 11.4. The quantitative estimate of drug-likeness (QED) is 0.567. The van der Waals surface area contributed by atoms with Crippen molar-refractivity contribution in [2.45, 2.75) is 25.5 Å². The van der Waals surface area contributed by atoms with Crippen molar-refractivity contribution in [1.29, 1.82) is 0 Å². The highest BCUT2D eigenvalue weighted by Gasteiger charge is 2.28. The van der Waals surface area contributed by atoms with Crippen LogP contribution < -0.4 is 11.3 Å². The largest absolute Gasteiger partial charge is 0.393 e. The summed E-state index contributed by atoms with van der Waals surface area (Å²) in [6.07, 6.45) is 1.72. The van der Waals surface area contributed by atoms with Gasteiger partial charge >= 0.3 is 0 Å². The number of nitrogen functional groups attached to an aromatic ring is 1. The van der Waals surface area contributed by atoms with Gasteiger partial charge in [-0.15, -0.1) is 11.3 Å². The second kappa shape index (κ2) is 5.61. The first-order chi connectivity index (χ1) is 9.65. The Morgan fingerprint density at radius 1 is 1.50 bits per heavy atom. The Labute approximate surface area is 121 Å². The Bertz CT molecular complexity index is 595. The molecule has 2 aromatic heterocycles. The molecule has 6 nitrogen and oxygen atoms in total. The number of nitrogens with one attached hydrogen (secondary N) is 1. The van der Waals surface area contributed by atoms with Gasteiger partial charge in [-0.25, -0.2) is 15.8 Å². The van der Waals surface area contributed by atoms with Crippen LogP contribution in [-0.4, -0.2) is 39.7 Å². The minimum Gasteiger partial charge on any atom is -0.393 e. The molecule has 0 unspecified atom stereocenters. The fraction of sp³-hybridized carbons (Fsp3) is 0.538. The molecule has 7 heteroatoms. The van der Waals surface area contributed by atoms with Crippen LogP contribution in [0, 0.1) is 5.92 Å². The highest BCUT2D eigenvalue weighted by molar-refractivity contribution is 7.16. The molecule has 0 bridgehead atoms. The van der Waals surface area contributed by atoms with Gasteiger partial charge in [0.15, 0.2) is 5.82 Å². The third kappa shape index (κ3) is 2.76. The van der Waals surface area contributed by atoms with Crippen LogP contribution in [0.3, 0.4) is 0 Å². The minimum atomic E-state index is -0.0971. The number of fused-ring (bicyclic) bond motifs is 1. The Morgan fingerprint density at radius 3 is 3.00 bits per heavy atom. The molecule has 1 aliphatic rings. The van der Waals surface area contributed by atoms with Crippen molar-refractivity contribution in [3.05, 3.63) is 17.3 Å². The molecule has 1 saturated carbocycles. The summed E-state index contributed by atoms with van der Waals surface area (Å²) in [5.74, 6) is 7.57. The second-order valence-electron chi connectivity index (χ2n) is 5.46. The van der Waals surface area contributed by atoms with Crippen LogP contribution in [0.4, 0.5) is 5.82 Å². The number of hydrogen-bond acceptors (Lipinski definition) is 7. The smallest absolute Gasteiger partial charge is 0.152 e. The number of rotatable bonds is 5. The zero-order valence-corrected chi connectivity index (χ0v) is 12.2. The minimum absolute atomic E-state index is 0.0971. The molecule has 1 aliphatic carbocycles. The number of aliphatic hydroxyl groups is 1. The van der Waals surface area contributed by atoms with E-state index in [1.54, 1.807) is 11.3 Å². The van der Waals surface area contributed by atoms with E-state index in [-0.39, 0.29) is 6.10 Å². The summed E-state index contributed by atoms with van der Waals surface area (Å²) in [7, 11) is 2.06. The molecule has 4 N–H and O–H groups in total. The molecule has 0 aromatic carbocycles. The maximum Gasteiger partial charge on any atom is 0.152 e. The first-order valence-corrected chi connectivity index (χ1v) is 7.61. The second-order valence-corrected chi connectivity index (χ2v) is 6.35. The highest BCUT2D eigenvalue weighted by atomic mass is 32.1. The Balaban J connectivity index is 1.70. The lowest BCUT2D eigenvalue weighted by atomic mass is 9.82. The predicted molar refractivity (Wildman–Crippen MR) is 80.3 cm³/mol. The van der Waals surface area contributed by atoms with E-state index < -0.39 is 0 Å². The molecule has 1 fully saturated rings. The van der Waals surface area contributed by atoms with Crippen molar-refractivity contribution in [2.75, 3.05) is 19.0 Å². The van der Waals surface area contributed by atoms with E-state index in [4.69, 9.17) is 5.84 Å². The molecular weight excluding hydrogens is 274 g/mol. The maximum absolute atomic E-state index is 9.32. The lowest BCUT2D eigenvalue weighted by Crippen LogP contribution is -2.37. The first kappa shape index (κ1) is 13.7. The van der Waals surface area contributed by atoms with Crippen LogP contribution >= 0.6 is 11.3 Å². The van der Waals surface area contributed by atoms with E-state index in [9.17, 15) is 5.11 Å². The SMILES string of the molecule is CN(Cc1nc(NN)c2ccsc2n1)CC1CC(O)C1. The average molecular weight is 293 g/mol. The molecule has 3 rings (SSSR count). The van der Waals surface area contributed by atoms with Gasteiger partial charge in [-0.05, 0) is 37.3 Å². The van der Waals surface area contributed by atoms with Crippen molar-refractivity contribution in [3.8, 4) is 0 Å². The molecule has 0 spiro atoms. The van der Waals surface area contributed by atoms with E-state index in [0.717, 1.165) is 35.4 Å². The number of aromatic nitrogens is 2. The summed E-state index contributed by atoms with van der Waals surface area (Å²) in [4.78, 5) is 12.2. The van der Waals surface area contributed by atoms with Crippen LogP contribution in [0.2, 0.25) is 0 Å². The molecule has 0 radical (unpaired) electrons. The normalized spacial score (nSPS) is 22.2. The van der Waals surface area contributed by atoms with Crippen molar-refractivity contribution < 1.29 is 5.11 Å². The molecule has 0 aliphatic heterocycles. The van der Waals surface area contributed by atoms with E-state index in [0.29, 0.717) is 18.3 Å². The molecule has 2 heterocycles. The number of nitrogens with zero attached hydrogens (tertiary/aromatic N) is 3. The van der Waals surface area contributed by atoms with Crippen LogP contribution in [0.5, 0.6) is 0 Å². The highest BCUT2D eigenvalue weighted by Crippen LogP contribution is 2.28. The summed E-state index contributed by atoms with van der Waals surface area (Å²) in [5, 5.41) is 12.3. The number of nitrogens with two attached hydrogens (primary N) is 1. The lowest BCUT2D eigenvalue weighted by Gasteiger charge is -2.34. The number of aliphatic hydroxyl groups excluding tert-OH is 1. The van der Waals surface area contributed by atoms with Gasteiger partial charge in [0.2, 0.25) is 0 Å². The van der Waals surface area contributed by atoms with Crippen molar-refractivity contribution in [3.63, 3.8) is 0 Å². The Kier molecular flexibility index (Phi) is 3.84. The molecule has 108 valence electrons. The number of thiophene rings is 1. The Morgan fingerprint density at radius 2 is 2.30 bits per heavy atom. The third-order valence-electron chi connectivity index (χ3n) is 3.70. The standard InChI is InChI=1S/C13H19N5OS/c1-18(6-8-4-9(19)5-8)7-11-15-12(17-14)10-2-3-20-13(10)16-11/h2-3,8-9,19H,4-7,14H2,1H3,(H,15,16,17). The predicted octanol–water partition coefficient (Wildman–Crippen LogP) is 1.18. The maximum atomic E-state index is 9.32. The van der Waals surface area contributed by atoms with Gasteiger partial charge in [-0.2, -0.15) is 0 Å². The van der Waals surface area contributed by atoms with Crippen molar-refractivity contribution in [1.82, 2.24) is 14.9 Å². The van der Waals surface area contributed by atoms with Crippen LogP contribution in [0.25, 0.3) is 10.2 Å². The fourth-order valence-corrected chi connectivity index (χ4v) is 3.46. The van der Waals surface area contributed by atoms with Crippen molar-refractivity contribution in [2.24, 2.45) is 11.8 Å². The van der Waals surface area contributed by atoms with Crippen LogP contribution in [-0.2, 0) is 6.54 Å². The monoisotopic (exact) mass is 293 g/mol. The van der Waals surface area contributed by atoms with Gasteiger partial charge in [-0.1, -0.05) is 0 Å². The molecule has 0 saturated heterocycles. The first-order valence-electron chi connectivity index (χ1n) is 6.73. The summed E-state index contributed by atoms with van der Waals surface area (Å²) in [6.45, 7) is 1.66. The molecule has 20 heavy (non-hydrogen) atoms. The molecular formula is C13H19N5OS. The Hall–Kier alpha value is -1.28. The summed E-state index contributed by atoms with van der Waals surface area (Å²) >= 11 is 1.59. The van der Waals surface area contributed by atoms with Gasteiger partial charge in [0.1, 0.15) is 10.7 Å². The average Bonchev–Trinajstić information content (AvgIpc) is 2.84.